The van der Waals surface area contributed by atoms with Crippen LogP contribution >= 0.6 is 0 Å². The van der Waals surface area contributed by atoms with Gasteiger partial charge in [-0.3, -0.25) is 9.59 Å². The van der Waals surface area contributed by atoms with Gasteiger partial charge >= 0.3 is 5.97 Å². The monoisotopic (exact) mass is 486 g/mol. The predicted octanol–water partition coefficient (Wildman–Crippen LogP) is 2.75. The third kappa shape index (κ3) is 4.90. The summed E-state index contributed by atoms with van der Waals surface area (Å²) >= 11 is 0. The number of hydrogen-bond donors (Lipinski definition) is 2. The molecule has 3 aromatic rings. The smallest absolute Gasteiger partial charge is 0.303 e. The maximum Gasteiger partial charge on any atom is 0.303 e. The molecular weight excluding hydrogens is 460 g/mol. The summed E-state index contributed by atoms with van der Waals surface area (Å²) in [6, 6.07) is 9.69. The molecule has 2 unspecified atom stereocenters. The lowest BCUT2D eigenvalue weighted by Gasteiger charge is -2.26. The van der Waals surface area contributed by atoms with Crippen molar-refractivity contribution in [1.29, 1.82) is 0 Å². The largest absolute Gasteiger partial charge is 0.453 e. The van der Waals surface area contributed by atoms with Gasteiger partial charge in [-0.15, -0.1) is 0 Å². The van der Waals surface area contributed by atoms with E-state index in [9.17, 15) is 18.0 Å². The van der Waals surface area contributed by atoms with Gasteiger partial charge in [-0.1, -0.05) is 18.2 Å². The minimum atomic E-state index is -3.88. The van der Waals surface area contributed by atoms with Crippen LogP contribution in [0, 0.1) is 0 Å². The number of nitrogens with one attached hydrogen (secondary N) is 2. The van der Waals surface area contributed by atoms with Gasteiger partial charge < -0.3 is 20.1 Å². The molecule has 1 aliphatic heterocycles. The van der Waals surface area contributed by atoms with Crippen LogP contribution in [0.25, 0.3) is 11.0 Å². The number of hydrogen-bond acceptors (Lipinski definition) is 8. The maximum atomic E-state index is 13.2. The van der Waals surface area contributed by atoms with Gasteiger partial charge in [0.2, 0.25) is 0 Å². The Kier molecular flexibility index (Phi) is 6.85. The number of esters is 1. The lowest BCUT2D eigenvalue weighted by molar-refractivity contribution is -0.150. The molecule has 1 fully saturated rings. The van der Waals surface area contributed by atoms with Crippen LogP contribution in [0.1, 0.15) is 26.7 Å². The zero-order valence-electron chi connectivity index (χ0n) is 18.9. The van der Waals surface area contributed by atoms with Crippen LogP contribution in [-0.4, -0.2) is 54.6 Å². The zero-order chi connectivity index (χ0) is 24.3. The molecule has 0 saturated carbocycles. The lowest BCUT2D eigenvalue weighted by Crippen LogP contribution is -2.32. The van der Waals surface area contributed by atoms with Crippen molar-refractivity contribution in [3.63, 3.8) is 0 Å². The number of carbonyl (C=O) groups is 2. The quantitative estimate of drug-likeness (QED) is 0.488. The third-order valence-corrected chi connectivity index (χ3v) is 7.14. The number of aromatic nitrogens is 2. The van der Waals surface area contributed by atoms with Crippen LogP contribution in [-0.2, 0) is 29.1 Å². The van der Waals surface area contributed by atoms with E-state index in [1.165, 1.54) is 38.4 Å². The van der Waals surface area contributed by atoms with E-state index in [1.54, 1.807) is 24.3 Å². The second-order valence-corrected chi connectivity index (χ2v) is 9.83. The van der Waals surface area contributed by atoms with Gasteiger partial charge in [-0.25, -0.2) is 17.4 Å². The maximum absolute atomic E-state index is 13.2. The molecule has 180 valence electrons. The molecule has 10 nitrogen and oxygen atoms in total. The van der Waals surface area contributed by atoms with Gasteiger partial charge in [0.05, 0.1) is 29.1 Å². The summed E-state index contributed by atoms with van der Waals surface area (Å²) in [6.45, 7) is 3.85. The molecule has 2 atom stereocenters. The van der Waals surface area contributed by atoms with E-state index in [2.05, 4.69) is 15.6 Å². The standard InChI is InChI=1S/C23H26N4O6S/c1-15(33-16(2)28)23(29)26-20-13-24-22-19(21(20)25-17-7-6-12-32-14-17)10-11-27(22)34(30,31)18-8-4-3-5-9-18/h3-5,8-11,13,15,17H,6-7,12,14H2,1-2H3,(H,24,25)(H,26,29). The Morgan fingerprint density at radius 1 is 1.24 bits per heavy atom. The van der Waals surface area contributed by atoms with Crippen molar-refractivity contribution < 1.29 is 27.5 Å². The average molecular weight is 487 g/mol. The highest BCUT2D eigenvalue weighted by Crippen LogP contribution is 2.34. The summed E-state index contributed by atoms with van der Waals surface area (Å²) in [5.74, 6) is -1.10. The second-order valence-electron chi connectivity index (χ2n) is 8.01. The molecule has 0 radical (unpaired) electrons. The minimum absolute atomic E-state index is 0.0324. The molecule has 1 aromatic carbocycles. The molecule has 11 heteroatoms. The van der Waals surface area contributed by atoms with Crippen LogP contribution in [0.2, 0.25) is 0 Å². The first kappa shape index (κ1) is 23.7. The van der Waals surface area contributed by atoms with Crippen LogP contribution in [0.4, 0.5) is 11.4 Å². The van der Waals surface area contributed by atoms with Crippen molar-refractivity contribution in [3.8, 4) is 0 Å². The van der Waals surface area contributed by atoms with Gasteiger partial charge in [0.15, 0.2) is 11.8 Å². The number of ether oxygens (including phenoxy) is 2. The molecule has 0 spiro atoms. The van der Waals surface area contributed by atoms with Crippen molar-refractivity contribution in [2.75, 3.05) is 23.8 Å². The number of carbonyl (C=O) groups excluding carboxylic acids is 2. The number of amides is 1. The van der Waals surface area contributed by atoms with Crippen molar-refractivity contribution in [1.82, 2.24) is 8.96 Å². The summed E-state index contributed by atoms with van der Waals surface area (Å²) in [5, 5.41) is 6.64. The van der Waals surface area contributed by atoms with Crippen molar-refractivity contribution in [2.45, 2.75) is 43.7 Å². The fourth-order valence-corrected chi connectivity index (χ4v) is 5.13. The van der Waals surface area contributed by atoms with Crippen LogP contribution in [0.5, 0.6) is 0 Å². The second kappa shape index (κ2) is 9.82. The topological polar surface area (TPSA) is 129 Å². The molecule has 2 aromatic heterocycles. The van der Waals surface area contributed by atoms with Crippen molar-refractivity contribution >= 4 is 44.3 Å². The summed E-state index contributed by atoms with van der Waals surface area (Å²) in [5.41, 5.74) is 1.08. The molecular formula is C23H26N4O6S. The van der Waals surface area contributed by atoms with Gasteiger partial charge in [0.1, 0.15) is 0 Å². The number of fused-ring (bicyclic) bond motifs is 1. The highest BCUT2D eigenvalue weighted by atomic mass is 32.2. The molecule has 2 N–H and O–H groups in total. The molecule has 1 amide bonds. The molecule has 0 aliphatic carbocycles. The Hall–Kier alpha value is -3.44. The van der Waals surface area contributed by atoms with Crippen molar-refractivity contribution in [3.05, 3.63) is 48.8 Å². The Labute approximate surface area is 197 Å². The number of rotatable bonds is 7. The normalized spacial score (nSPS) is 17.2. The van der Waals surface area contributed by atoms with E-state index in [0.29, 0.717) is 30.0 Å². The predicted molar refractivity (Wildman–Crippen MR) is 126 cm³/mol. The molecule has 1 saturated heterocycles. The average Bonchev–Trinajstić information content (AvgIpc) is 3.27. The van der Waals surface area contributed by atoms with E-state index in [-0.39, 0.29) is 16.6 Å². The first-order chi connectivity index (χ1) is 16.3. The number of anilines is 2. The van der Waals surface area contributed by atoms with E-state index < -0.39 is 28.0 Å². The van der Waals surface area contributed by atoms with Gasteiger partial charge in [-0.05, 0) is 38.0 Å². The fourth-order valence-electron chi connectivity index (χ4n) is 3.81. The number of nitrogens with zero attached hydrogens (tertiary/aromatic N) is 2. The summed E-state index contributed by atoms with van der Waals surface area (Å²) in [7, 11) is -3.88. The molecule has 34 heavy (non-hydrogen) atoms. The lowest BCUT2D eigenvalue weighted by atomic mass is 10.1. The third-order valence-electron chi connectivity index (χ3n) is 5.46. The first-order valence-electron chi connectivity index (χ1n) is 10.9. The summed E-state index contributed by atoms with van der Waals surface area (Å²) in [4.78, 5) is 28.3. The fraction of sp³-hybridized carbons (Fsp3) is 0.348. The van der Waals surface area contributed by atoms with Crippen molar-refractivity contribution in [2.24, 2.45) is 0 Å². The highest BCUT2D eigenvalue weighted by Gasteiger charge is 2.25. The Balaban J connectivity index is 1.76. The van der Waals surface area contributed by atoms with Gasteiger partial charge in [-0.2, -0.15) is 0 Å². The van der Waals surface area contributed by atoms with E-state index in [0.717, 1.165) is 16.8 Å². The molecule has 3 heterocycles. The number of pyridine rings is 1. The Morgan fingerprint density at radius 2 is 2.00 bits per heavy atom. The van der Waals surface area contributed by atoms with Crippen LogP contribution < -0.4 is 10.6 Å². The van der Waals surface area contributed by atoms with E-state index in [4.69, 9.17) is 9.47 Å². The van der Waals surface area contributed by atoms with Crippen LogP contribution in [0.15, 0.2) is 53.7 Å². The van der Waals surface area contributed by atoms with E-state index >= 15 is 0 Å². The SMILES string of the molecule is CC(=O)OC(C)C(=O)Nc1cnc2c(ccn2S(=O)(=O)c2ccccc2)c1NC1CCCOC1. The molecule has 4 rings (SSSR count). The summed E-state index contributed by atoms with van der Waals surface area (Å²) in [6.07, 6.45) is 3.55. The molecule has 1 aliphatic rings. The Bertz CT molecular complexity index is 1300. The van der Waals surface area contributed by atoms with Gasteiger partial charge in [0, 0.05) is 31.2 Å². The van der Waals surface area contributed by atoms with E-state index in [1.807, 2.05) is 0 Å². The minimum Gasteiger partial charge on any atom is -0.453 e. The zero-order valence-corrected chi connectivity index (χ0v) is 19.7. The highest BCUT2D eigenvalue weighted by molar-refractivity contribution is 7.90. The number of benzene rings is 1. The first-order valence-corrected chi connectivity index (χ1v) is 12.3. The summed E-state index contributed by atoms with van der Waals surface area (Å²) < 4.78 is 38.1. The van der Waals surface area contributed by atoms with Crippen LogP contribution in [0.3, 0.4) is 0 Å². The Morgan fingerprint density at radius 3 is 2.68 bits per heavy atom. The van der Waals surface area contributed by atoms with Gasteiger partial charge in [0.25, 0.3) is 15.9 Å². The molecule has 0 bridgehead atoms.